The first-order valence-electron chi connectivity index (χ1n) is 7.51. The van der Waals surface area contributed by atoms with Gasteiger partial charge in [-0.3, -0.25) is 9.89 Å². The maximum Gasteiger partial charge on any atom is 0.230 e. The van der Waals surface area contributed by atoms with Crippen LogP contribution in [0.1, 0.15) is 24.1 Å². The highest BCUT2D eigenvalue weighted by Crippen LogP contribution is 2.48. The second-order valence-electron chi connectivity index (χ2n) is 5.85. The normalized spacial score (nSPS) is 15.5. The topological polar surface area (TPSA) is 70.7 Å². The van der Waals surface area contributed by atoms with Gasteiger partial charge in [-0.2, -0.15) is 5.10 Å². The van der Waals surface area contributed by atoms with Crippen molar-refractivity contribution in [1.82, 2.24) is 20.5 Å². The summed E-state index contributed by atoms with van der Waals surface area (Å²) in [5, 5.41) is 11.7. The van der Waals surface area contributed by atoms with Crippen LogP contribution < -0.4 is 5.32 Å². The van der Waals surface area contributed by atoms with Crippen LogP contribution in [0, 0.1) is 0 Å². The molecule has 23 heavy (non-hydrogen) atoms. The average molecular weight is 327 g/mol. The van der Waals surface area contributed by atoms with E-state index >= 15 is 0 Å². The molecule has 116 valence electrons. The van der Waals surface area contributed by atoms with E-state index in [1.807, 2.05) is 36.4 Å². The number of hydrogen-bond acceptors (Lipinski definition) is 3. The largest absolute Gasteiger partial charge is 0.350 e. The van der Waals surface area contributed by atoms with E-state index < -0.39 is 5.41 Å². The highest BCUT2D eigenvalue weighted by Gasteiger charge is 2.51. The van der Waals surface area contributed by atoms with Crippen LogP contribution in [0.5, 0.6) is 0 Å². The molecule has 1 saturated carbocycles. The molecule has 3 aromatic rings. The number of carbonyl (C=O) groups is 1. The van der Waals surface area contributed by atoms with Crippen LogP contribution in [0.2, 0.25) is 5.02 Å². The molecule has 0 spiro atoms. The zero-order valence-corrected chi connectivity index (χ0v) is 13.1. The lowest BCUT2D eigenvalue weighted by atomic mass is 9.95. The van der Waals surface area contributed by atoms with E-state index in [9.17, 15) is 4.79 Å². The minimum absolute atomic E-state index is 0.0477. The molecule has 2 heterocycles. The van der Waals surface area contributed by atoms with E-state index in [1.165, 1.54) is 0 Å². The van der Waals surface area contributed by atoms with Gasteiger partial charge in [0, 0.05) is 16.6 Å². The third-order valence-corrected chi connectivity index (χ3v) is 4.67. The Morgan fingerprint density at radius 2 is 2.04 bits per heavy atom. The minimum Gasteiger partial charge on any atom is -0.350 e. The van der Waals surface area contributed by atoms with Crippen molar-refractivity contribution in [2.45, 2.75) is 24.8 Å². The van der Waals surface area contributed by atoms with Gasteiger partial charge in [0.2, 0.25) is 5.91 Å². The number of rotatable bonds is 4. The number of hydrogen-bond donors (Lipinski definition) is 2. The molecule has 2 N–H and O–H groups in total. The SMILES string of the molecule is O=C(NCc1[nH]nc2ncccc12)C1(c2ccc(Cl)cc2)CC1. The molecule has 0 radical (unpaired) electrons. The van der Waals surface area contributed by atoms with Gasteiger partial charge in [0.15, 0.2) is 5.65 Å². The van der Waals surface area contributed by atoms with Crippen LogP contribution in [-0.4, -0.2) is 21.1 Å². The number of amides is 1. The molecule has 1 fully saturated rings. The Hall–Kier alpha value is -2.40. The summed E-state index contributed by atoms with van der Waals surface area (Å²) in [6.45, 7) is 0.413. The lowest BCUT2D eigenvalue weighted by Crippen LogP contribution is -2.34. The number of nitrogens with zero attached hydrogens (tertiary/aromatic N) is 2. The Kier molecular flexibility index (Phi) is 3.31. The van der Waals surface area contributed by atoms with Crippen molar-refractivity contribution in [1.29, 1.82) is 0 Å². The summed E-state index contributed by atoms with van der Waals surface area (Å²) in [6, 6.07) is 11.3. The Balaban J connectivity index is 1.51. The zero-order valence-electron chi connectivity index (χ0n) is 12.3. The van der Waals surface area contributed by atoms with Crippen LogP contribution in [0.4, 0.5) is 0 Å². The Morgan fingerprint density at radius 3 is 2.78 bits per heavy atom. The van der Waals surface area contributed by atoms with Crippen molar-refractivity contribution in [3.8, 4) is 0 Å². The molecule has 1 amide bonds. The van der Waals surface area contributed by atoms with Gasteiger partial charge in [0.25, 0.3) is 0 Å². The standard InChI is InChI=1S/C17H15ClN4O/c18-12-5-3-11(4-6-12)17(7-8-17)16(23)20-10-14-13-2-1-9-19-15(13)22-21-14/h1-6,9H,7-8,10H2,(H,20,23)(H,19,21,22). The second-order valence-corrected chi connectivity index (χ2v) is 6.28. The fourth-order valence-corrected chi connectivity index (χ4v) is 3.04. The monoisotopic (exact) mass is 326 g/mol. The quantitative estimate of drug-likeness (QED) is 0.774. The lowest BCUT2D eigenvalue weighted by molar-refractivity contribution is -0.123. The van der Waals surface area contributed by atoms with Crippen molar-refractivity contribution in [2.75, 3.05) is 0 Å². The van der Waals surface area contributed by atoms with Gasteiger partial charge in [-0.15, -0.1) is 0 Å². The van der Waals surface area contributed by atoms with E-state index in [-0.39, 0.29) is 5.91 Å². The van der Waals surface area contributed by atoms with Crippen LogP contribution in [-0.2, 0) is 16.8 Å². The molecule has 0 unspecified atom stereocenters. The number of halogens is 1. The number of carbonyl (C=O) groups excluding carboxylic acids is 1. The van der Waals surface area contributed by atoms with Gasteiger partial charge in [0.1, 0.15) is 0 Å². The van der Waals surface area contributed by atoms with Gasteiger partial charge in [-0.25, -0.2) is 4.98 Å². The van der Waals surface area contributed by atoms with Gasteiger partial charge in [-0.1, -0.05) is 23.7 Å². The first-order chi connectivity index (χ1) is 11.2. The van der Waals surface area contributed by atoms with Crippen molar-refractivity contribution < 1.29 is 4.79 Å². The summed E-state index contributed by atoms with van der Waals surface area (Å²) in [5.74, 6) is 0.0477. The van der Waals surface area contributed by atoms with E-state index in [4.69, 9.17) is 11.6 Å². The first kappa shape index (κ1) is 14.2. The first-order valence-corrected chi connectivity index (χ1v) is 7.89. The molecule has 0 saturated heterocycles. The summed E-state index contributed by atoms with van der Waals surface area (Å²) in [7, 11) is 0. The number of benzene rings is 1. The number of aromatic nitrogens is 3. The minimum atomic E-state index is -0.404. The fraction of sp³-hybridized carbons (Fsp3) is 0.235. The predicted molar refractivity (Wildman–Crippen MR) is 88.1 cm³/mol. The summed E-state index contributed by atoms with van der Waals surface area (Å²) in [5.41, 5.74) is 2.15. The molecule has 2 aromatic heterocycles. The Morgan fingerprint density at radius 1 is 1.26 bits per heavy atom. The van der Waals surface area contributed by atoms with Crippen molar-refractivity contribution in [3.63, 3.8) is 0 Å². The molecular formula is C17H15ClN4O. The molecule has 1 aliphatic carbocycles. The smallest absolute Gasteiger partial charge is 0.230 e. The van der Waals surface area contributed by atoms with Gasteiger partial charge >= 0.3 is 0 Å². The maximum absolute atomic E-state index is 12.6. The third kappa shape index (κ3) is 2.47. The highest BCUT2D eigenvalue weighted by atomic mass is 35.5. The average Bonchev–Trinajstić information content (AvgIpc) is 3.29. The summed E-state index contributed by atoms with van der Waals surface area (Å²) >= 11 is 5.93. The van der Waals surface area contributed by atoms with Crippen molar-refractivity contribution >= 4 is 28.5 Å². The van der Waals surface area contributed by atoms with E-state index in [0.717, 1.165) is 29.5 Å². The van der Waals surface area contributed by atoms with Crippen molar-refractivity contribution in [2.24, 2.45) is 0 Å². The highest BCUT2D eigenvalue weighted by molar-refractivity contribution is 6.30. The Labute approximate surface area is 138 Å². The van der Waals surface area contributed by atoms with Gasteiger partial charge < -0.3 is 5.32 Å². The number of H-pyrrole nitrogens is 1. The van der Waals surface area contributed by atoms with Crippen molar-refractivity contribution in [3.05, 3.63) is 58.9 Å². The van der Waals surface area contributed by atoms with E-state index in [0.29, 0.717) is 17.2 Å². The van der Waals surface area contributed by atoms with Crippen LogP contribution in [0.25, 0.3) is 11.0 Å². The second kappa shape index (κ2) is 5.35. The predicted octanol–water partition coefficient (Wildman–Crippen LogP) is 2.96. The molecule has 4 rings (SSSR count). The summed E-state index contributed by atoms with van der Waals surface area (Å²) in [4.78, 5) is 16.8. The van der Waals surface area contributed by atoms with Crippen LogP contribution in [0.15, 0.2) is 42.6 Å². The van der Waals surface area contributed by atoms with Crippen LogP contribution >= 0.6 is 11.6 Å². The zero-order chi connectivity index (χ0) is 15.9. The molecule has 1 aromatic carbocycles. The summed E-state index contributed by atoms with van der Waals surface area (Å²) in [6.07, 6.45) is 3.43. The third-order valence-electron chi connectivity index (χ3n) is 4.42. The van der Waals surface area contributed by atoms with E-state index in [1.54, 1.807) is 6.20 Å². The number of nitrogens with one attached hydrogen (secondary N) is 2. The lowest BCUT2D eigenvalue weighted by Gasteiger charge is -2.15. The molecule has 6 heteroatoms. The number of fused-ring (bicyclic) bond motifs is 1. The Bertz CT molecular complexity index is 868. The molecular weight excluding hydrogens is 312 g/mol. The van der Waals surface area contributed by atoms with E-state index in [2.05, 4.69) is 20.5 Å². The molecule has 5 nitrogen and oxygen atoms in total. The molecule has 1 aliphatic rings. The van der Waals surface area contributed by atoms with Crippen LogP contribution in [0.3, 0.4) is 0 Å². The van der Waals surface area contributed by atoms with Gasteiger partial charge in [-0.05, 0) is 42.7 Å². The molecule has 0 bridgehead atoms. The number of pyridine rings is 1. The fourth-order valence-electron chi connectivity index (χ4n) is 2.92. The maximum atomic E-state index is 12.6. The summed E-state index contributed by atoms with van der Waals surface area (Å²) < 4.78 is 0. The molecule has 0 atom stereocenters. The number of aromatic amines is 1. The van der Waals surface area contributed by atoms with Gasteiger partial charge in [0.05, 0.1) is 17.7 Å². The molecule has 0 aliphatic heterocycles.